The number of rotatable bonds is 12. The fourth-order valence-electron chi connectivity index (χ4n) is 2.99. The van der Waals surface area contributed by atoms with Crippen molar-refractivity contribution in [3.8, 4) is 18.1 Å². The molecule has 0 aliphatic carbocycles. The predicted octanol–water partition coefficient (Wildman–Crippen LogP) is 7.91. The lowest BCUT2D eigenvalue weighted by Gasteiger charge is -2.08. The molecule has 0 saturated carbocycles. The summed E-state index contributed by atoms with van der Waals surface area (Å²) in [7, 11) is 0. The van der Waals surface area contributed by atoms with Crippen LogP contribution in [0.25, 0.3) is 0 Å². The van der Waals surface area contributed by atoms with Crippen LogP contribution < -0.4 is 4.74 Å². The third-order valence-corrected chi connectivity index (χ3v) is 4.74. The SMILES string of the molecule is C#Cc1ccc(N=Nc2ccc(OCCCCCCCCCC)cc2C)cc1. The van der Waals surface area contributed by atoms with Gasteiger partial charge >= 0.3 is 0 Å². The third-order valence-electron chi connectivity index (χ3n) is 4.74. The largest absolute Gasteiger partial charge is 0.494 e. The number of hydrogen-bond donors (Lipinski definition) is 0. The van der Waals surface area contributed by atoms with Crippen molar-refractivity contribution in [2.75, 3.05) is 6.61 Å². The average Bonchev–Trinajstić information content (AvgIpc) is 2.72. The Balaban J connectivity index is 1.72. The Hall–Kier alpha value is -2.60. The van der Waals surface area contributed by atoms with Crippen LogP contribution in [0, 0.1) is 19.3 Å². The minimum Gasteiger partial charge on any atom is -0.494 e. The average molecular weight is 377 g/mol. The van der Waals surface area contributed by atoms with Crippen molar-refractivity contribution in [2.45, 2.75) is 65.2 Å². The van der Waals surface area contributed by atoms with Crippen LogP contribution in [0.15, 0.2) is 52.7 Å². The Morgan fingerprint density at radius 1 is 0.857 bits per heavy atom. The summed E-state index contributed by atoms with van der Waals surface area (Å²) in [5, 5.41) is 8.62. The minimum absolute atomic E-state index is 0.775. The summed E-state index contributed by atoms with van der Waals surface area (Å²) in [6, 6.07) is 13.4. The molecule has 0 atom stereocenters. The number of ether oxygens (including phenoxy) is 1. The van der Waals surface area contributed by atoms with E-state index in [1.165, 1.54) is 44.9 Å². The summed E-state index contributed by atoms with van der Waals surface area (Å²) in [6.07, 6.45) is 15.8. The second-order valence-corrected chi connectivity index (χ2v) is 7.16. The van der Waals surface area contributed by atoms with Crippen LogP contribution in [0.5, 0.6) is 5.75 Å². The van der Waals surface area contributed by atoms with Gasteiger partial charge < -0.3 is 4.74 Å². The van der Waals surface area contributed by atoms with Gasteiger partial charge in [-0.1, -0.05) is 57.8 Å². The van der Waals surface area contributed by atoms with Gasteiger partial charge in [0, 0.05) is 5.56 Å². The van der Waals surface area contributed by atoms with Crippen molar-refractivity contribution < 1.29 is 4.74 Å². The molecule has 0 bridgehead atoms. The second kappa shape index (κ2) is 12.7. The molecule has 0 radical (unpaired) electrons. The fourth-order valence-corrected chi connectivity index (χ4v) is 2.99. The Bertz CT molecular complexity index is 772. The molecule has 2 rings (SSSR count). The van der Waals surface area contributed by atoms with Gasteiger partial charge in [0.1, 0.15) is 5.75 Å². The van der Waals surface area contributed by atoms with Crippen LogP contribution in [0.1, 0.15) is 69.4 Å². The molecular formula is C25H32N2O. The standard InChI is InChI=1S/C25H32N2O/c1-4-6-7-8-9-10-11-12-19-28-24-17-18-25(21(3)20-24)27-26-23-15-13-22(5-2)14-16-23/h2,13-18,20H,4,6-12,19H2,1,3H3. The first-order valence-corrected chi connectivity index (χ1v) is 10.4. The highest BCUT2D eigenvalue weighted by molar-refractivity contribution is 5.50. The summed E-state index contributed by atoms with van der Waals surface area (Å²) in [4.78, 5) is 0. The number of benzene rings is 2. The zero-order chi connectivity index (χ0) is 20.0. The summed E-state index contributed by atoms with van der Waals surface area (Å²) >= 11 is 0. The van der Waals surface area contributed by atoms with E-state index in [-0.39, 0.29) is 0 Å². The first kappa shape index (κ1) is 21.7. The Morgan fingerprint density at radius 2 is 1.54 bits per heavy atom. The lowest BCUT2D eigenvalue weighted by Crippen LogP contribution is -1.97. The van der Waals surface area contributed by atoms with Crippen LogP contribution in [-0.2, 0) is 0 Å². The second-order valence-electron chi connectivity index (χ2n) is 7.16. The molecule has 3 nitrogen and oxygen atoms in total. The highest BCUT2D eigenvalue weighted by Gasteiger charge is 2.01. The van der Waals surface area contributed by atoms with Gasteiger partial charge in [0.2, 0.25) is 0 Å². The number of azo groups is 1. The smallest absolute Gasteiger partial charge is 0.119 e. The predicted molar refractivity (Wildman–Crippen MR) is 118 cm³/mol. The molecule has 0 aromatic heterocycles. The van der Waals surface area contributed by atoms with Gasteiger partial charge in [-0.25, -0.2) is 0 Å². The fraction of sp³-hybridized carbons (Fsp3) is 0.440. The maximum absolute atomic E-state index is 5.88. The maximum atomic E-state index is 5.88. The molecule has 0 fully saturated rings. The van der Waals surface area contributed by atoms with E-state index in [4.69, 9.17) is 11.2 Å². The van der Waals surface area contributed by atoms with E-state index in [1.54, 1.807) is 0 Å². The molecule has 28 heavy (non-hydrogen) atoms. The molecule has 0 N–H and O–H groups in total. The first-order chi connectivity index (χ1) is 13.7. The van der Waals surface area contributed by atoms with E-state index in [9.17, 15) is 0 Å². The third kappa shape index (κ3) is 7.96. The van der Waals surface area contributed by atoms with E-state index in [0.29, 0.717) is 0 Å². The molecule has 0 heterocycles. The van der Waals surface area contributed by atoms with E-state index in [0.717, 1.165) is 41.3 Å². The van der Waals surface area contributed by atoms with Gasteiger partial charge in [-0.15, -0.1) is 6.42 Å². The number of hydrogen-bond acceptors (Lipinski definition) is 3. The molecule has 2 aromatic carbocycles. The van der Waals surface area contributed by atoms with Crippen LogP contribution in [0.2, 0.25) is 0 Å². The van der Waals surface area contributed by atoms with Crippen LogP contribution in [0.4, 0.5) is 11.4 Å². The van der Waals surface area contributed by atoms with E-state index >= 15 is 0 Å². The number of unbranched alkanes of at least 4 members (excludes halogenated alkanes) is 7. The van der Waals surface area contributed by atoms with E-state index < -0.39 is 0 Å². The van der Waals surface area contributed by atoms with Gasteiger partial charge in [-0.05, 0) is 61.4 Å². The maximum Gasteiger partial charge on any atom is 0.119 e. The number of nitrogens with zero attached hydrogens (tertiary/aromatic N) is 2. The van der Waals surface area contributed by atoms with Crippen molar-refractivity contribution in [3.05, 3.63) is 53.6 Å². The molecule has 148 valence electrons. The Kier molecular flexibility index (Phi) is 9.86. The van der Waals surface area contributed by atoms with Crippen LogP contribution in [0.3, 0.4) is 0 Å². The Labute approximate surface area is 170 Å². The first-order valence-electron chi connectivity index (χ1n) is 10.4. The molecule has 0 aliphatic heterocycles. The van der Waals surface area contributed by atoms with Crippen molar-refractivity contribution in [3.63, 3.8) is 0 Å². The van der Waals surface area contributed by atoms with Gasteiger partial charge in [0.25, 0.3) is 0 Å². The Morgan fingerprint density at radius 3 is 2.18 bits per heavy atom. The summed E-state index contributed by atoms with van der Waals surface area (Å²) < 4.78 is 5.88. The summed E-state index contributed by atoms with van der Waals surface area (Å²) in [5.41, 5.74) is 3.53. The van der Waals surface area contributed by atoms with Crippen LogP contribution >= 0.6 is 0 Å². The van der Waals surface area contributed by atoms with E-state index in [2.05, 4.69) is 23.1 Å². The topological polar surface area (TPSA) is 34.0 Å². The molecule has 0 spiro atoms. The molecule has 3 heteroatoms. The number of terminal acetylenes is 1. The molecule has 0 aliphatic rings. The highest BCUT2D eigenvalue weighted by Crippen LogP contribution is 2.26. The molecule has 0 unspecified atom stereocenters. The lowest BCUT2D eigenvalue weighted by atomic mass is 10.1. The van der Waals surface area contributed by atoms with Gasteiger partial charge in [0.05, 0.1) is 18.0 Å². The van der Waals surface area contributed by atoms with E-state index in [1.807, 2.05) is 49.4 Å². The van der Waals surface area contributed by atoms with Gasteiger partial charge in [0.15, 0.2) is 0 Å². The molecule has 0 amide bonds. The van der Waals surface area contributed by atoms with Crippen LogP contribution in [-0.4, -0.2) is 6.61 Å². The van der Waals surface area contributed by atoms with Crippen molar-refractivity contribution in [2.24, 2.45) is 10.2 Å². The monoisotopic (exact) mass is 376 g/mol. The number of aryl methyl sites for hydroxylation is 1. The zero-order valence-electron chi connectivity index (χ0n) is 17.3. The summed E-state index contributed by atoms with van der Waals surface area (Å²) in [6.45, 7) is 5.06. The van der Waals surface area contributed by atoms with Gasteiger partial charge in [-0.2, -0.15) is 10.2 Å². The van der Waals surface area contributed by atoms with Gasteiger partial charge in [-0.3, -0.25) is 0 Å². The lowest BCUT2D eigenvalue weighted by molar-refractivity contribution is 0.304. The summed E-state index contributed by atoms with van der Waals surface area (Å²) in [5.74, 6) is 3.50. The van der Waals surface area contributed by atoms with Crippen molar-refractivity contribution in [1.82, 2.24) is 0 Å². The normalized spacial score (nSPS) is 10.9. The van der Waals surface area contributed by atoms with Crippen molar-refractivity contribution >= 4 is 11.4 Å². The molecule has 0 saturated heterocycles. The highest BCUT2D eigenvalue weighted by atomic mass is 16.5. The molecular weight excluding hydrogens is 344 g/mol. The molecule has 2 aromatic rings. The zero-order valence-corrected chi connectivity index (χ0v) is 17.3. The van der Waals surface area contributed by atoms with Crippen molar-refractivity contribution in [1.29, 1.82) is 0 Å². The quantitative estimate of drug-likeness (QED) is 0.210. The minimum atomic E-state index is 0.775.